The molecule has 2 aromatic rings. The zero-order valence-electron chi connectivity index (χ0n) is 13.4. The Morgan fingerprint density at radius 1 is 1.38 bits per heavy atom. The minimum absolute atomic E-state index is 0.166. The highest BCUT2D eigenvalue weighted by atomic mass is 32.2. The first-order chi connectivity index (χ1) is 11.4. The summed E-state index contributed by atoms with van der Waals surface area (Å²) in [4.78, 5) is 22.6. The Bertz CT molecular complexity index is 860. The van der Waals surface area contributed by atoms with Gasteiger partial charge in [-0.05, 0) is 25.0 Å². The largest absolute Gasteiger partial charge is 0.366 e. The fourth-order valence-corrected chi connectivity index (χ4v) is 5.50. The van der Waals surface area contributed by atoms with Gasteiger partial charge in [0.1, 0.15) is 5.82 Å². The second-order valence-corrected chi connectivity index (χ2v) is 8.59. The molecular formula is C16H19N3O4S. The lowest BCUT2D eigenvalue weighted by Crippen LogP contribution is -2.65. The molecule has 1 amide bonds. The van der Waals surface area contributed by atoms with Crippen LogP contribution in [0.4, 0.5) is 0 Å². The van der Waals surface area contributed by atoms with Gasteiger partial charge in [-0.3, -0.25) is 4.79 Å². The molecule has 24 heavy (non-hydrogen) atoms. The van der Waals surface area contributed by atoms with Gasteiger partial charge in [0, 0.05) is 13.7 Å². The summed E-state index contributed by atoms with van der Waals surface area (Å²) in [7, 11) is -1.77. The summed E-state index contributed by atoms with van der Waals surface area (Å²) in [5, 5.41) is 0. The van der Waals surface area contributed by atoms with E-state index >= 15 is 0 Å². The van der Waals surface area contributed by atoms with Gasteiger partial charge in [-0.15, -0.1) is 0 Å². The van der Waals surface area contributed by atoms with Crippen LogP contribution in [0.2, 0.25) is 0 Å². The van der Waals surface area contributed by atoms with Crippen LogP contribution in [-0.4, -0.2) is 60.0 Å². The third-order valence-electron chi connectivity index (χ3n) is 4.92. The topological polar surface area (TPSA) is 92.4 Å². The molecule has 2 aliphatic heterocycles. The molecule has 7 nitrogen and oxygen atoms in total. The number of benzene rings is 1. The molecule has 1 aromatic carbocycles. The van der Waals surface area contributed by atoms with Crippen molar-refractivity contribution in [1.82, 2.24) is 14.9 Å². The van der Waals surface area contributed by atoms with Crippen LogP contribution in [-0.2, 0) is 19.4 Å². The molecule has 1 atom stereocenters. The van der Waals surface area contributed by atoms with Crippen LogP contribution < -0.4 is 0 Å². The molecule has 1 aromatic heterocycles. The van der Waals surface area contributed by atoms with E-state index in [1.807, 2.05) is 24.3 Å². The number of imidazole rings is 1. The SMILES string of the molecule is COC1(C(=O)N2CCCC2c2nc3ccccc3[nH]2)CS(=O)(=O)C1. The zero-order valence-corrected chi connectivity index (χ0v) is 14.2. The summed E-state index contributed by atoms with van der Waals surface area (Å²) in [5.74, 6) is 0.0236. The van der Waals surface area contributed by atoms with E-state index in [4.69, 9.17) is 4.74 Å². The number of amides is 1. The Balaban J connectivity index is 1.64. The number of methoxy groups -OCH3 is 1. The molecule has 0 spiro atoms. The van der Waals surface area contributed by atoms with Gasteiger partial charge in [0.15, 0.2) is 15.4 Å². The van der Waals surface area contributed by atoms with Crippen molar-refractivity contribution in [3.63, 3.8) is 0 Å². The van der Waals surface area contributed by atoms with Crippen molar-refractivity contribution in [2.24, 2.45) is 0 Å². The standard InChI is InChI=1S/C16H19N3O4S/c1-23-16(9-24(21,22)10-16)15(20)19-8-4-7-13(19)14-17-11-5-2-3-6-12(11)18-14/h2-3,5-6,13H,4,7-10H2,1H3,(H,17,18). The summed E-state index contributed by atoms with van der Waals surface area (Å²) in [6, 6.07) is 7.55. The van der Waals surface area contributed by atoms with E-state index in [-0.39, 0.29) is 23.5 Å². The van der Waals surface area contributed by atoms with Crippen molar-refractivity contribution in [3.05, 3.63) is 30.1 Å². The quantitative estimate of drug-likeness (QED) is 0.894. The van der Waals surface area contributed by atoms with Gasteiger partial charge in [0.25, 0.3) is 5.91 Å². The van der Waals surface area contributed by atoms with Gasteiger partial charge in [-0.25, -0.2) is 13.4 Å². The fraction of sp³-hybridized carbons (Fsp3) is 0.500. The van der Waals surface area contributed by atoms with E-state index in [0.717, 1.165) is 29.7 Å². The molecule has 2 saturated heterocycles. The first-order valence-corrected chi connectivity index (χ1v) is 9.78. The highest BCUT2D eigenvalue weighted by molar-refractivity contribution is 7.93. The van der Waals surface area contributed by atoms with Crippen LogP contribution in [0.25, 0.3) is 11.0 Å². The lowest BCUT2D eigenvalue weighted by atomic mass is 10.1. The van der Waals surface area contributed by atoms with Crippen LogP contribution in [0.1, 0.15) is 24.7 Å². The van der Waals surface area contributed by atoms with Crippen LogP contribution in [0, 0.1) is 0 Å². The molecule has 0 bridgehead atoms. The van der Waals surface area contributed by atoms with Gasteiger partial charge >= 0.3 is 0 Å². The summed E-state index contributed by atoms with van der Waals surface area (Å²) in [5.41, 5.74) is 0.562. The van der Waals surface area contributed by atoms with Crippen molar-refractivity contribution < 1.29 is 17.9 Å². The maximum atomic E-state index is 13.0. The van der Waals surface area contributed by atoms with Crippen LogP contribution in [0.15, 0.2) is 24.3 Å². The summed E-state index contributed by atoms with van der Waals surface area (Å²) < 4.78 is 28.5. The molecule has 0 aliphatic carbocycles. The molecule has 0 radical (unpaired) electrons. The van der Waals surface area contributed by atoms with E-state index in [1.165, 1.54) is 7.11 Å². The summed E-state index contributed by atoms with van der Waals surface area (Å²) in [6.45, 7) is 0.589. The average molecular weight is 349 g/mol. The lowest BCUT2D eigenvalue weighted by molar-refractivity contribution is -0.152. The molecule has 2 aliphatic rings. The van der Waals surface area contributed by atoms with Gasteiger partial charge < -0.3 is 14.6 Å². The van der Waals surface area contributed by atoms with Gasteiger partial charge in [-0.1, -0.05) is 12.1 Å². The molecule has 2 fully saturated rings. The predicted molar refractivity (Wildman–Crippen MR) is 88.2 cm³/mol. The Labute approximate surface area is 139 Å². The number of nitrogens with zero attached hydrogens (tertiary/aromatic N) is 2. The normalized spacial score (nSPS) is 24.9. The van der Waals surface area contributed by atoms with Crippen molar-refractivity contribution >= 4 is 26.8 Å². The molecule has 3 heterocycles. The maximum Gasteiger partial charge on any atom is 0.257 e. The summed E-state index contributed by atoms with van der Waals surface area (Å²) >= 11 is 0. The minimum Gasteiger partial charge on any atom is -0.366 e. The number of carbonyl (C=O) groups excluding carboxylic acids is 1. The first-order valence-electron chi connectivity index (χ1n) is 7.95. The lowest BCUT2D eigenvalue weighted by Gasteiger charge is -2.41. The number of aromatic nitrogens is 2. The molecule has 128 valence electrons. The molecule has 0 saturated carbocycles. The van der Waals surface area contributed by atoms with Gasteiger partial charge in [0.2, 0.25) is 0 Å². The number of ether oxygens (including phenoxy) is 1. The highest BCUT2D eigenvalue weighted by Gasteiger charge is 2.57. The van der Waals surface area contributed by atoms with E-state index in [1.54, 1.807) is 4.90 Å². The van der Waals surface area contributed by atoms with Crippen LogP contribution >= 0.6 is 0 Å². The number of sulfone groups is 1. The number of fused-ring (bicyclic) bond motifs is 1. The third kappa shape index (κ3) is 2.32. The van der Waals surface area contributed by atoms with Crippen molar-refractivity contribution in [1.29, 1.82) is 0 Å². The number of aromatic amines is 1. The minimum atomic E-state index is -3.17. The number of rotatable bonds is 3. The van der Waals surface area contributed by atoms with Crippen LogP contribution in [0.3, 0.4) is 0 Å². The second kappa shape index (κ2) is 5.29. The number of hydrogen-bond donors (Lipinski definition) is 1. The third-order valence-corrected chi connectivity index (χ3v) is 6.74. The zero-order chi connectivity index (χ0) is 16.9. The smallest absolute Gasteiger partial charge is 0.257 e. The molecule has 1 N–H and O–H groups in total. The maximum absolute atomic E-state index is 13.0. The Morgan fingerprint density at radius 3 is 2.79 bits per heavy atom. The fourth-order valence-electron chi connectivity index (χ4n) is 3.68. The number of likely N-dealkylation sites (tertiary alicyclic amines) is 1. The molecular weight excluding hydrogens is 330 g/mol. The van der Waals surface area contributed by atoms with E-state index in [0.29, 0.717) is 6.54 Å². The Morgan fingerprint density at radius 2 is 2.12 bits per heavy atom. The average Bonchev–Trinajstić information content (AvgIpc) is 3.17. The Kier molecular flexibility index (Phi) is 3.43. The van der Waals surface area contributed by atoms with E-state index in [2.05, 4.69) is 9.97 Å². The number of carbonyl (C=O) groups is 1. The first kappa shape index (κ1) is 15.6. The number of nitrogens with one attached hydrogen (secondary N) is 1. The monoisotopic (exact) mass is 349 g/mol. The Hall–Kier alpha value is -1.93. The molecule has 4 rings (SSSR count). The molecule has 1 unspecified atom stereocenters. The van der Waals surface area contributed by atoms with E-state index < -0.39 is 15.4 Å². The van der Waals surface area contributed by atoms with Crippen LogP contribution in [0.5, 0.6) is 0 Å². The van der Waals surface area contributed by atoms with Crippen molar-refractivity contribution in [3.8, 4) is 0 Å². The van der Waals surface area contributed by atoms with Crippen molar-refractivity contribution in [2.45, 2.75) is 24.5 Å². The predicted octanol–water partition coefficient (Wildman–Crippen LogP) is 1.04. The van der Waals surface area contributed by atoms with E-state index in [9.17, 15) is 13.2 Å². The number of para-hydroxylation sites is 2. The number of hydrogen-bond acceptors (Lipinski definition) is 5. The highest BCUT2D eigenvalue weighted by Crippen LogP contribution is 2.37. The molecule has 8 heteroatoms. The van der Waals surface area contributed by atoms with Gasteiger partial charge in [-0.2, -0.15) is 0 Å². The number of H-pyrrole nitrogens is 1. The second-order valence-electron chi connectivity index (χ2n) is 6.53. The summed E-state index contributed by atoms with van der Waals surface area (Å²) in [6.07, 6.45) is 1.66. The van der Waals surface area contributed by atoms with Gasteiger partial charge in [0.05, 0.1) is 28.6 Å². The van der Waals surface area contributed by atoms with Crippen molar-refractivity contribution in [2.75, 3.05) is 25.2 Å².